The van der Waals surface area contributed by atoms with E-state index in [1.165, 1.54) is 0 Å². The normalized spacial score (nSPS) is 12.6. The minimum atomic E-state index is -0.0614. The number of ether oxygens (including phenoxy) is 1. The standard InChI is InChI=1S/C11H15Cl2NO/c1-3-4-10(14)7-5-11(15-2)9(13)6-8(7)12/h5-6,10H,3-4,14H2,1-2H3. The summed E-state index contributed by atoms with van der Waals surface area (Å²) in [7, 11) is 1.57. The Labute approximate surface area is 100 Å². The Bertz CT molecular complexity index is 342. The fourth-order valence-corrected chi connectivity index (χ4v) is 2.05. The molecule has 2 nitrogen and oxygen atoms in total. The second-order valence-electron chi connectivity index (χ2n) is 3.40. The van der Waals surface area contributed by atoms with Crippen molar-refractivity contribution in [3.63, 3.8) is 0 Å². The summed E-state index contributed by atoms with van der Waals surface area (Å²) in [6.07, 6.45) is 1.91. The molecule has 0 aliphatic heterocycles. The molecule has 0 saturated carbocycles. The first-order valence-corrected chi connectivity index (χ1v) is 5.64. The van der Waals surface area contributed by atoms with Crippen LogP contribution in [0.25, 0.3) is 0 Å². The van der Waals surface area contributed by atoms with E-state index in [2.05, 4.69) is 6.92 Å². The first-order chi connectivity index (χ1) is 7.10. The summed E-state index contributed by atoms with van der Waals surface area (Å²) in [6, 6.07) is 3.42. The van der Waals surface area contributed by atoms with Gasteiger partial charge < -0.3 is 10.5 Å². The van der Waals surface area contributed by atoms with Crippen molar-refractivity contribution in [1.29, 1.82) is 0 Å². The van der Waals surface area contributed by atoms with Crippen LogP contribution in [0.15, 0.2) is 12.1 Å². The van der Waals surface area contributed by atoms with Gasteiger partial charge in [-0.2, -0.15) is 0 Å². The van der Waals surface area contributed by atoms with Crippen LogP contribution < -0.4 is 10.5 Å². The molecule has 0 fully saturated rings. The molecule has 2 N–H and O–H groups in total. The zero-order chi connectivity index (χ0) is 11.4. The number of halogens is 2. The van der Waals surface area contributed by atoms with E-state index in [9.17, 15) is 0 Å². The van der Waals surface area contributed by atoms with Gasteiger partial charge in [0.25, 0.3) is 0 Å². The van der Waals surface area contributed by atoms with E-state index in [0.29, 0.717) is 15.8 Å². The molecule has 0 aliphatic rings. The fraction of sp³-hybridized carbons (Fsp3) is 0.455. The minimum absolute atomic E-state index is 0.0614. The maximum atomic E-state index is 6.07. The zero-order valence-electron chi connectivity index (χ0n) is 8.89. The first-order valence-electron chi connectivity index (χ1n) is 4.88. The summed E-state index contributed by atoms with van der Waals surface area (Å²) < 4.78 is 5.12. The number of hydrogen-bond donors (Lipinski definition) is 1. The Morgan fingerprint density at radius 1 is 1.33 bits per heavy atom. The summed E-state index contributed by atoms with van der Waals surface area (Å²) in [5, 5.41) is 1.11. The molecule has 0 aromatic heterocycles. The topological polar surface area (TPSA) is 35.2 Å². The molecule has 0 amide bonds. The van der Waals surface area contributed by atoms with Crippen LogP contribution in [0, 0.1) is 0 Å². The Morgan fingerprint density at radius 2 is 2.00 bits per heavy atom. The summed E-state index contributed by atoms with van der Waals surface area (Å²) in [5.74, 6) is 0.614. The lowest BCUT2D eigenvalue weighted by molar-refractivity contribution is 0.414. The van der Waals surface area contributed by atoms with Gasteiger partial charge in [-0.1, -0.05) is 36.5 Å². The van der Waals surface area contributed by atoms with Gasteiger partial charge in [-0.05, 0) is 24.1 Å². The van der Waals surface area contributed by atoms with E-state index in [0.717, 1.165) is 18.4 Å². The third-order valence-corrected chi connectivity index (χ3v) is 2.89. The smallest absolute Gasteiger partial charge is 0.137 e. The lowest BCUT2D eigenvalue weighted by Gasteiger charge is -2.14. The zero-order valence-corrected chi connectivity index (χ0v) is 10.4. The van der Waals surface area contributed by atoms with Crippen LogP contribution in [0.5, 0.6) is 5.75 Å². The maximum Gasteiger partial charge on any atom is 0.137 e. The van der Waals surface area contributed by atoms with Crippen LogP contribution in [-0.4, -0.2) is 7.11 Å². The molecule has 84 valence electrons. The molecule has 1 unspecified atom stereocenters. The van der Waals surface area contributed by atoms with Crippen LogP contribution in [0.1, 0.15) is 31.4 Å². The van der Waals surface area contributed by atoms with Crippen molar-refractivity contribution in [1.82, 2.24) is 0 Å². The maximum absolute atomic E-state index is 6.07. The van der Waals surface area contributed by atoms with Crippen LogP contribution in [0.2, 0.25) is 10.0 Å². The van der Waals surface area contributed by atoms with Crippen LogP contribution in [-0.2, 0) is 0 Å². The second kappa shape index (κ2) is 5.59. The Kier molecular flexibility index (Phi) is 4.71. The molecule has 0 heterocycles. The molecule has 15 heavy (non-hydrogen) atoms. The van der Waals surface area contributed by atoms with E-state index in [1.807, 2.05) is 6.07 Å². The van der Waals surface area contributed by atoms with Crippen LogP contribution >= 0.6 is 23.2 Å². The molecule has 1 rings (SSSR count). The SMILES string of the molecule is CCCC(N)c1cc(OC)c(Cl)cc1Cl. The van der Waals surface area contributed by atoms with Gasteiger partial charge in [0, 0.05) is 11.1 Å². The van der Waals surface area contributed by atoms with Gasteiger partial charge in [0.2, 0.25) is 0 Å². The Morgan fingerprint density at radius 3 is 2.53 bits per heavy atom. The van der Waals surface area contributed by atoms with Crippen LogP contribution in [0.3, 0.4) is 0 Å². The molecular formula is C11H15Cl2NO. The van der Waals surface area contributed by atoms with Crippen molar-refractivity contribution in [3.8, 4) is 5.75 Å². The van der Waals surface area contributed by atoms with Crippen molar-refractivity contribution in [3.05, 3.63) is 27.7 Å². The Balaban J connectivity index is 3.06. The van der Waals surface area contributed by atoms with Crippen molar-refractivity contribution in [2.75, 3.05) is 7.11 Å². The van der Waals surface area contributed by atoms with Crippen molar-refractivity contribution >= 4 is 23.2 Å². The Hall–Kier alpha value is -0.440. The highest BCUT2D eigenvalue weighted by molar-refractivity contribution is 6.36. The highest BCUT2D eigenvalue weighted by Crippen LogP contribution is 2.34. The number of methoxy groups -OCH3 is 1. The molecule has 0 saturated heterocycles. The third kappa shape index (κ3) is 3.00. The van der Waals surface area contributed by atoms with Gasteiger partial charge in [-0.3, -0.25) is 0 Å². The quantitative estimate of drug-likeness (QED) is 0.879. The lowest BCUT2D eigenvalue weighted by Crippen LogP contribution is -2.10. The predicted molar refractivity (Wildman–Crippen MR) is 64.9 cm³/mol. The van der Waals surface area contributed by atoms with E-state index in [1.54, 1.807) is 13.2 Å². The number of nitrogens with two attached hydrogens (primary N) is 1. The highest BCUT2D eigenvalue weighted by atomic mass is 35.5. The predicted octanol–water partition coefficient (Wildman–Crippen LogP) is 3.80. The lowest BCUT2D eigenvalue weighted by atomic mass is 10.0. The van der Waals surface area contributed by atoms with E-state index < -0.39 is 0 Å². The molecule has 1 aromatic rings. The molecule has 0 spiro atoms. The average Bonchev–Trinajstić information content (AvgIpc) is 2.18. The number of rotatable bonds is 4. The summed E-state index contributed by atoms with van der Waals surface area (Å²) in [4.78, 5) is 0. The highest BCUT2D eigenvalue weighted by Gasteiger charge is 2.13. The van der Waals surface area contributed by atoms with Crippen molar-refractivity contribution in [2.45, 2.75) is 25.8 Å². The number of benzene rings is 1. The summed E-state index contributed by atoms with van der Waals surface area (Å²) in [6.45, 7) is 2.08. The van der Waals surface area contributed by atoms with Gasteiger partial charge in [0.05, 0.1) is 12.1 Å². The second-order valence-corrected chi connectivity index (χ2v) is 4.22. The fourth-order valence-electron chi connectivity index (χ4n) is 1.45. The molecule has 4 heteroatoms. The summed E-state index contributed by atoms with van der Waals surface area (Å²) in [5.41, 5.74) is 6.89. The molecule has 1 aromatic carbocycles. The first kappa shape index (κ1) is 12.6. The van der Waals surface area contributed by atoms with E-state index in [-0.39, 0.29) is 6.04 Å². The van der Waals surface area contributed by atoms with Gasteiger partial charge in [0.15, 0.2) is 0 Å². The van der Waals surface area contributed by atoms with Gasteiger partial charge >= 0.3 is 0 Å². The van der Waals surface area contributed by atoms with Gasteiger partial charge in [-0.25, -0.2) is 0 Å². The molecule has 1 atom stereocenters. The van der Waals surface area contributed by atoms with E-state index in [4.69, 9.17) is 33.7 Å². The van der Waals surface area contributed by atoms with Gasteiger partial charge in [-0.15, -0.1) is 0 Å². The molecule has 0 bridgehead atoms. The average molecular weight is 248 g/mol. The van der Waals surface area contributed by atoms with Gasteiger partial charge in [0.1, 0.15) is 5.75 Å². The van der Waals surface area contributed by atoms with Crippen molar-refractivity contribution in [2.24, 2.45) is 5.73 Å². The molecular weight excluding hydrogens is 233 g/mol. The third-order valence-electron chi connectivity index (χ3n) is 2.27. The molecule has 0 radical (unpaired) electrons. The van der Waals surface area contributed by atoms with Crippen LogP contribution in [0.4, 0.5) is 0 Å². The van der Waals surface area contributed by atoms with E-state index >= 15 is 0 Å². The largest absolute Gasteiger partial charge is 0.495 e. The summed E-state index contributed by atoms with van der Waals surface area (Å²) >= 11 is 12.0. The van der Waals surface area contributed by atoms with Crippen molar-refractivity contribution < 1.29 is 4.74 Å². The minimum Gasteiger partial charge on any atom is -0.495 e. The molecule has 0 aliphatic carbocycles. The number of hydrogen-bond acceptors (Lipinski definition) is 2. The monoisotopic (exact) mass is 247 g/mol.